The highest BCUT2D eigenvalue weighted by molar-refractivity contribution is 7.48. The molecule has 0 spiro atoms. The van der Waals surface area contributed by atoms with E-state index in [1.165, 1.54) is 30.1 Å². The van der Waals surface area contributed by atoms with Gasteiger partial charge in [0.1, 0.15) is 11.6 Å². The summed E-state index contributed by atoms with van der Waals surface area (Å²) in [5.41, 5.74) is 4.27. The smallest absolute Gasteiger partial charge is 0.123 e. The predicted octanol–water partition coefficient (Wildman–Crippen LogP) is 7.53. The zero-order valence-electron chi connectivity index (χ0n) is 21.5. The summed E-state index contributed by atoms with van der Waals surface area (Å²) in [5.74, 6) is 0.303. The van der Waals surface area contributed by atoms with Gasteiger partial charge in [0.25, 0.3) is 0 Å². The Balaban J connectivity index is 2.08. The molecule has 1 heterocycles. The summed E-state index contributed by atoms with van der Waals surface area (Å²) in [6, 6.07) is 9.70. The number of phenolic OH excluding ortho intramolecular Hbond substituents is 1. The fourth-order valence-electron chi connectivity index (χ4n) is 5.29. The Morgan fingerprint density at radius 3 is 2.27 bits per heavy atom. The molecule has 33 heavy (non-hydrogen) atoms. The first-order valence-electron chi connectivity index (χ1n) is 12.7. The summed E-state index contributed by atoms with van der Waals surface area (Å²) in [5, 5.41) is 12.6. The molecule has 0 bridgehead atoms. The molecule has 2 aromatic rings. The summed E-state index contributed by atoms with van der Waals surface area (Å²) in [4.78, 5) is 2.47. The number of piperidine rings is 1. The monoisotopic (exact) mass is 471 g/mol. The fraction of sp³-hybridized carbons (Fsp3) is 0.586. The largest absolute Gasteiger partial charge is 0.507 e. The van der Waals surface area contributed by atoms with Crippen LogP contribution >= 0.6 is 8.58 Å². The zero-order valence-corrected chi connectivity index (χ0v) is 22.5. The Morgan fingerprint density at radius 2 is 1.67 bits per heavy atom. The van der Waals surface area contributed by atoms with Crippen LogP contribution in [0.3, 0.4) is 0 Å². The minimum absolute atomic E-state index is 0.130. The lowest BCUT2D eigenvalue weighted by Crippen LogP contribution is -2.31. The number of rotatable bonds is 8. The average molecular weight is 472 g/mol. The van der Waals surface area contributed by atoms with Gasteiger partial charge in [0.15, 0.2) is 0 Å². The van der Waals surface area contributed by atoms with Crippen LogP contribution in [0.25, 0.3) is 0 Å². The van der Waals surface area contributed by atoms with Crippen molar-refractivity contribution >= 4 is 13.9 Å². The van der Waals surface area contributed by atoms with Crippen LogP contribution in [-0.4, -0.2) is 23.1 Å². The number of phenols is 1. The van der Waals surface area contributed by atoms with E-state index in [2.05, 4.69) is 58.6 Å². The molecule has 0 saturated carbocycles. The van der Waals surface area contributed by atoms with E-state index >= 15 is 0 Å². The van der Waals surface area contributed by atoms with Crippen molar-refractivity contribution in [1.29, 1.82) is 0 Å². The molecule has 1 fully saturated rings. The van der Waals surface area contributed by atoms with Crippen LogP contribution in [0.2, 0.25) is 0 Å². The topological polar surface area (TPSA) is 23.5 Å². The van der Waals surface area contributed by atoms with Gasteiger partial charge in [-0.15, -0.1) is 0 Å². The number of nitrogens with zero attached hydrogens (tertiary/aromatic N) is 1. The quantitative estimate of drug-likeness (QED) is 0.402. The third-order valence-electron chi connectivity index (χ3n) is 7.14. The van der Waals surface area contributed by atoms with Crippen molar-refractivity contribution in [3.05, 3.63) is 58.4 Å². The van der Waals surface area contributed by atoms with E-state index in [-0.39, 0.29) is 16.4 Å². The maximum Gasteiger partial charge on any atom is 0.123 e. The summed E-state index contributed by atoms with van der Waals surface area (Å²) in [6.07, 6.45) is 6.75. The first kappa shape index (κ1) is 26.2. The second-order valence-electron chi connectivity index (χ2n) is 10.9. The molecule has 2 nitrogen and oxygen atoms in total. The van der Waals surface area contributed by atoms with Gasteiger partial charge in [-0.1, -0.05) is 79.8 Å². The van der Waals surface area contributed by atoms with Crippen LogP contribution < -0.4 is 5.30 Å². The molecule has 0 radical (unpaired) electrons. The fourth-order valence-corrected chi connectivity index (χ4v) is 7.16. The minimum Gasteiger partial charge on any atom is -0.507 e. The lowest BCUT2D eigenvalue weighted by Gasteiger charge is -2.37. The lowest BCUT2D eigenvalue weighted by atomic mass is 9.80. The van der Waals surface area contributed by atoms with Crippen molar-refractivity contribution in [2.45, 2.75) is 97.2 Å². The van der Waals surface area contributed by atoms with Crippen LogP contribution in [0.4, 0.5) is 4.39 Å². The number of hydrogen-bond donors (Lipinski definition) is 1. The van der Waals surface area contributed by atoms with Gasteiger partial charge in [0.05, 0.1) is 0 Å². The van der Waals surface area contributed by atoms with Gasteiger partial charge in [-0.2, -0.15) is 0 Å². The molecule has 2 atom stereocenters. The predicted molar refractivity (Wildman–Crippen MR) is 142 cm³/mol. The Labute approximate surface area is 202 Å². The molecule has 182 valence electrons. The summed E-state index contributed by atoms with van der Waals surface area (Å²) < 4.78 is 14.3. The third-order valence-corrected chi connectivity index (χ3v) is 9.25. The van der Waals surface area contributed by atoms with Crippen molar-refractivity contribution in [2.24, 2.45) is 0 Å². The Morgan fingerprint density at radius 1 is 1.00 bits per heavy atom. The number of aryl methyl sites for hydroxylation is 1. The molecule has 3 rings (SSSR count). The standard InChI is InChI=1S/C29H43FNOP/c1-7-14-29(8-2,25-18-21(3)17-24(27(25)32)28(4,5)6)33-26-13-12-23(30)19-22(26)20-31-15-10-9-11-16-31/h12-13,17-19,32-33H,7-11,14-16,20H2,1-6H3. The van der Waals surface area contributed by atoms with Gasteiger partial charge in [-0.25, -0.2) is 4.39 Å². The molecule has 1 aliphatic heterocycles. The van der Waals surface area contributed by atoms with Crippen LogP contribution in [-0.2, 0) is 17.1 Å². The van der Waals surface area contributed by atoms with Crippen molar-refractivity contribution in [1.82, 2.24) is 4.90 Å². The number of hydrogen-bond acceptors (Lipinski definition) is 2. The van der Waals surface area contributed by atoms with Gasteiger partial charge < -0.3 is 5.11 Å². The second kappa shape index (κ2) is 10.9. The molecule has 2 aromatic carbocycles. The van der Waals surface area contributed by atoms with E-state index in [1.54, 1.807) is 12.1 Å². The highest BCUT2D eigenvalue weighted by atomic mass is 31.1. The van der Waals surface area contributed by atoms with E-state index in [4.69, 9.17) is 0 Å². The van der Waals surface area contributed by atoms with E-state index in [1.807, 2.05) is 6.07 Å². The minimum atomic E-state index is -0.153. The molecule has 2 unspecified atom stereocenters. The van der Waals surface area contributed by atoms with E-state index in [9.17, 15) is 9.50 Å². The summed E-state index contributed by atoms with van der Waals surface area (Å²) >= 11 is 0. The maximum atomic E-state index is 14.3. The van der Waals surface area contributed by atoms with Gasteiger partial charge >= 0.3 is 0 Å². The first-order valence-corrected chi connectivity index (χ1v) is 13.7. The van der Waals surface area contributed by atoms with Crippen LogP contribution in [0.5, 0.6) is 5.75 Å². The van der Waals surface area contributed by atoms with Crippen molar-refractivity contribution in [2.75, 3.05) is 13.1 Å². The Kier molecular flexibility index (Phi) is 8.62. The maximum absolute atomic E-state index is 14.3. The van der Waals surface area contributed by atoms with Crippen molar-refractivity contribution in [3.8, 4) is 5.75 Å². The van der Waals surface area contributed by atoms with Crippen LogP contribution in [0, 0.1) is 12.7 Å². The zero-order chi connectivity index (χ0) is 24.2. The molecule has 0 aliphatic carbocycles. The van der Waals surface area contributed by atoms with Gasteiger partial charge in [0, 0.05) is 17.3 Å². The Bertz CT molecular complexity index is 945. The molecule has 0 aromatic heterocycles. The highest BCUT2D eigenvalue weighted by Crippen LogP contribution is 2.53. The van der Waals surface area contributed by atoms with Gasteiger partial charge in [-0.3, -0.25) is 4.90 Å². The van der Waals surface area contributed by atoms with Crippen molar-refractivity contribution in [3.63, 3.8) is 0 Å². The molecular formula is C29H43FNOP. The van der Waals surface area contributed by atoms with E-state index in [0.29, 0.717) is 14.3 Å². The third kappa shape index (κ3) is 6.17. The number of benzene rings is 2. The van der Waals surface area contributed by atoms with Crippen LogP contribution in [0.15, 0.2) is 30.3 Å². The summed E-state index contributed by atoms with van der Waals surface area (Å²) in [6.45, 7) is 16.1. The second-order valence-corrected chi connectivity index (χ2v) is 12.7. The molecule has 1 saturated heterocycles. The Hall–Kier alpha value is -1.44. The molecule has 1 N–H and O–H groups in total. The molecule has 4 heteroatoms. The van der Waals surface area contributed by atoms with E-state index < -0.39 is 0 Å². The lowest BCUT2D eigenvalue weighted by molar-refractivity contribution is 0.221. The SMILES string of the molecule is CCCC(CC)(Pc1ccc(F)cc1CN1CCCCC1)c1cc(C)cc(C(C)(C)C)c1O. The first-order chi connectivity index (χ1) is 15.6. The van der Waals surface area contributed by atoms with Gasteiger partial charge in [-0.05, 0) is 79.7 Å². The van der Waals surface area contributed by atoms with E-state index in [0.717, 1.165) is 55.6 Å². The normalized spacial score (nSPS) is 17.5. The average Bonchev–Trinajstić information content (AvgIpc) is 2.76. The molecular weight excluding hydrogens is 428 g/mol. The van der Waals surface area contributed by atoms with Gasteiger partial charge in [0.2, 0.25) is 0 Å². The number of likely N-dealkylation sites (tertiary alicyclic amines) is 1. The molecule has 1 aliphatic rings. The van der Waals surface area contributed by atoms with Crippen LogP contribution in [0.1, 0.15) is 95.4 Å². The highest BCUT2D eigenvalue weighted by Gasteiger charge is 2.35. The number of halogens is 1. The van der Waals surface area contributed by atoms with Crippen molar-refractivity contribution < 1.29 is 9.50 Å². The number of aromatic hydroxyl groups is 1. The molecule has 0 amide bonds. The summed E-state index contributed by atoms with van der Waals surface area (Å²) in [7, 11) is 0.486.